The van der Waals surface area contributed by atoms with Crippen molar-refractivity contribution >= 4 is 5.91 Å². The molecule has 0 aliphatic carbocycles. The minimum Gasteiger partial charge on any atom is -0.369 e. The van der Waals surface area contributed by atoms with Crippen molar-refractivity contribution < 1.29 is 4.79 Å². The van der Waals surface area contributed by atoms with Crippen molar-refractivity contribution in [1.29, 1.82) is 5.26 Å². The average molecular weight is 154 g/mol. The normalized spacial score (nSPS) is 15.0. The lowest BCUT2D eigenvalue weighted by molar-refractivity contribution is -0.121. The van der Waals surface area contributed by atoms with Gasteiger partial charge in [0.2, 0.25) is 5.91 Å². The molecule has 0 unspecified atom stereocenters. The molecule has 2 atom stereocenters. The number of nitrogens with two attached hydrogens (primary N) is 1. The van der Waals surface area contributed by atoms with Gasteiger partial charge in [0.1, 0.15) is 5.92 Å². The highest BCUT2D eigenvalue weighted by atomic mass is 16.1. The second kappa shape index (κ2) is 4.73. The second-order valence-corrected chi connectivity index (χ2v) is 2.78. The number of nitrogens with zero attached hydrogens (tertiary/aromatic N) is 1. The Hall–Kier alpha value is -1.04. The average Bonchev–Trinajstić information content (AvgIpc) is 1.88. The van der Waals surface area contributed by atoms with Crippen molar-refractivity contribution in [2.75, 3.05) is 0 Å². The molecule has 62 valence electrons. The summed E-state index contributed by atoms with van der Waals surface area (Å²) in [6.07, 6.45) is 1.85. The highest BCUT2D eigenvalue weighted by Crippen LogP contribution is 2.15. The van der Waals surface area contributed by atoms with Crippen molar-refractivity contribution in [3.63, 3.8) is 0 Å². The van der Waals surface area contributed by atoms with Gasteiger partial charge in [0.25, 0.3) is 0 Å². The molecule has 0 saturated carbocycles. The summed E-state index contributed by atoms with van der Waals surface area (Å²) in [5.41, 5.74) is 5.02. The van der Waals surface area contributed by atoms with Gasteiger partial charge in [-0.25, -0.2) is 0 Å². The summed E-state index contributed by atoms with van der Waals surface area (Å²) in [6, 6.07) is 1.91. The van der Waals surface area contributed by atoms with Crippen LogP contribution >= 0.6 is 0 Å². The Labute approximate surface area is 67.2 Å². The van der Waals surface area contributed by atoms with Gasteiger partial charge in [-0.05, 0) is 12.3 Å². The van der Waals surface area contributed by atoms with Crippen molar-refractivity contribution in [3.05, 3.63) is 0 Å². The summed E-state index contributed by atoms with van der Waals surface area (Å²) in [4.78, 5) is 10.6. The molecule has 3 heteroatoms. The van der Waals surface area contributed by atoms with Gasteiger partial charge in [-0.1, -0.05) is 20.3 Å². The highest BCUT2D eigenvalue weighted by Gasteiger charge is 2.20. The van der Waals surface area contributed by atoms with Gasteiger partial charge in [-0.2, -0.15) is 5.26 Å². The van der Waals surface area contributed by atoms with E-state index in [4.69, 9.17) is 11.0 Å². The van der Waals surface area contributed by atoms with Gasteiger partial charge in [-0.15, -0.1) is 0 Å². The van der Waals surface area contributed by atoms with E-state index in [1.807, 2.05) is 19.9 Å². The van der Waals surface area contributed by atoms with E-state index in [0.717, 1.165) is 12.8 Å². The molecule has 2 N–H and O–H groups in total. The van der Waals surface area contributed by atoms with Gasteiger partial charge in [0.05, 0.1) is 6.07 Å². The fraction of sp³-hybridized carbons (Fsp3) is 0.750. The minimum absolute atomic E-state index is 0.0856. The predicted octanol–water partition coefficient (Wildman–Crippen LogP) is 1.05. The first-order chi connectivity index (χ1) is 5.13. The molecule has 0 aromatic carbocycles. The molecule has 0 bridgehead atoms. The molecule has 0 radical (unpaired) electrons. The van der Waals surface area contributed by atoms with Crippen LogP contribution < -0.4 is 5.73 Å². The topological polar surface area (TPSA) is 66.9 Å². The number of hydrogen-bond acceptors (Lipinski definition) is 2. The van der Waals surface area contributed by atoms with Crippen LogP contribution in [0.25, 0.3) is 0 Å². The fourth-order valence-electron chi connectivity index (χ4n) is 1.09. The first kappa shape index (κ1) is 9.96. The van der Waals surface area contributed by atoms with Crippen molar-refractivity contribution in [1.82, 2.24) is 0 Å². The smallest absolute Gasteiger partial charge is 0.235 e. The van der Waals surface area contributed by atoms with Crippen LogP contribution in [0.3, 0.4) is 0 Å². The Morgan fingerprint density at radius 3 is 2.55 bits per heavy atom. The fourth-order valence-corrected chi connectivity index (χ4v) is 1.09. The zero-order valence-corrected chi connectivity index (χ0v) is 7.00. The van der Waals surface area contributed by atoms with E-state index in [-0.39, 0.29) is 5.92 Å². The number of carbonyl (C=O) groups excluding carboxylic acids is 1. The maximum Gasteiger partial charge on any atom is 0.235 e. The molecule has 0 aromatic rings. The number of rotatable bonds is 4. The van der Waals surface area contributed by atoms with E-state index >= 15 is 0 Å². The molecule has 1 amide bonds. The molecule has 0 saturated heterocycles. The standard InChI is InChI=1S/C8H14N2O/c1-3-4-6(2)7(5-9)8(10)11/h6-7H,3-4H2,1-2H3,(H2,10,11)/t6-,7-/m1/s1. The van der Waals surface area contributed by atoms with Gasteiger partial charge in [-0.3, -0.25) is 4.79 Å². The summed E-state index contributed by atoms with van der Waals surface area (Å²) in [6.45, 7) is 3.90. The number of hydrogen-bond donors (Lipinski definition) is 1. The van der Waals surface area contributed by atoms with Crippen LogP contribution in [0.15, 0.2) is 0 Å². The molecular weight excluding hydrogens is 140 g/mol. The van der Waals surface area contributed by atoms with E-state index in [1.165, 1.54) is 0 Å². The Bertz CT molecular complexity index is 171. The molecule has 0 aliphatic rings. The molecule has 3 nitrogen and oxygen atoms in total. The SMILES string of the molecule is CCC[C@@H](C)[C@@H](C#N)C(N)=O. The zero-order chi connectivity index (χ0) is 8.85. The van der Waals surface area contributed by atoms with E-state index in [9.17, 15) is 4.79 Å². The minimum atomic E-state index is -0.616. The number of amides is 1. The third-order valence-corrected chi connectivity index (χ3v) is 1.76. The van der Waals surface area contributed by atoms with Gasteiger partial charge in [0, 0.05) is 0 Å². The Morgan fingerprint density at radius 1 is 1.73 bits per heavy atom. The monoisotopic (exact) mass is 154 g/mol. The molecule has 0 heterocycles. The maximum atomic E-state index is 10.6. The summed E-state index contributed by atoms with van der Waals surface area (Å²) < 4.78 is 0. The van der Waals surface area contributed by atoms with Crippen LogP contribution in [-0.4, -0.2) is 5.91 Å². The highest BCUT2D eigenvalue weighted by molar-refractivity contribution is 5.79. The van der Waals surface area contributed by atoms with Crippen molar-refractivity contribution in [2.45, 2.75) is 26.7 Å². The van der Waals surface area contributed by atoms with Crippen LogP contribution in [0.5, 0.6) is 0 Å². The summed E-state index contributed by atoms with van der Waals surface area (Å²) in [5, 5.41) is 8.54. The molecule has 0 fully saturated rings. The Morgan fingerprint density at radius 2 is 2.27 bits per heavy atom. The first-order valence-corrected chi connectivity index (χ1v) is 3.82. The second-order valence-electron chi connectivity index (χ2n) is 2.78. The molecule has 0 aliphatic heterocycles. The van der Waals surface area contributed by atoms with Crippen LogP contribution in [0.4, 0.5) is 0 Å². The maximum absolute atomic E-state index is 10.6. The lowest BCUT2D eigenvalue weighted by Crippen LogP contribution is -2.27. The number of primary amides is 1. The largest absolute Gasteiger partial charge is 0.369 e. The number of carbonyl (C=O) groups is 1. The van der Waals surface area contributed by atoms with E-state index in [0.29, 0.717) is 0 Å². The molecule has 0 rings (SSSR count). The van der Waals surface area contributed by atoms with Crippen molar-refractivity contribution in [3.8, 4) is 6.07 Å². The summed E-state index contributed by atoms with van der Waals surface area (Å²) in [5.74, 6) is -1.04. The Balaban J connectivity index is 4.05. The lowest BCUT2D eigenvalue weighted by Gasteiger charge is -2.12. The van der Waals surface area contributed by atoms with E-state index in [2.05, 4.69) is 0 Å². The Kier molecular flexibility index (Phi) is 4.28. The van der Waals surface area contributed by atoms with Crippen molar-refractivity contribution in [2.24, 2.45) is 17.6 Å². The van der Waals surface area contributed by atoms with E-state index < -0.39 is 11.8 Å². The van der Waals surface area contributed by atoms with Crippen LogP contribution in [0.2, 0.25) is 0 Å². The number of nitriles is 1. The van der Waals surface area contributed by atoms with Gasteiger partial charge < -0.3 is 5.73 Å². The molecule has 0 spiro atoms. The molecule has 11 heavy (non-hydrogen) atoms. The van der Waals surface area contributed by atoms with Crippen LogP contribution in [0.1, 0.15) is 26.7 Å². The zero-order valence-electron chi connectivity index (χ0n) is 7.00. The first-order valence-electron chi connectivity index (χ1n) is 3.82. The predicted molar refractivity (Wildman–Crippen MR) is 42.4 cm³/mol. The third-order valence-electron chi connectivity index (χ3n) is 1.76. The summed E-state index contributed by atoms with van der Waals surface area (Å²) in [7, 11) is 0. The lowest BCUT2D eigenvalue weighted by atomic mass is 9.91. The van der Waals surface area contributed by atoms with Gasteiger partial charge in [0.15, 0.2) is 0 Å². The third kappa shape index (κ3) is 3.03. The molecule has 0 aromatic heterocycles. The molecular formula is C8H14N2O. The quantitative estimate of drug-likeness (QED) is 0.657. The van der Waals surface area contributed by atoms with E-state index in [1.54, 1.807) is 0 Å². The van der Waals surface area contributed by atoms with Crippen LogP contribution in [0, 0.1) is 23.2 Å². The summed E-state index contributed by atoms with van der Waals surface area (Å²) >= 11 is 0. The van der Waals surface area contributed by atoms with Gasteiger partial charge >= 0.3 is 0 Å². The van der Waals surface area contributed by atoms with Crippen LogP contribution in [-0.2, 0) is 4.79 Å².